The van der Waals surface area contributed by atoms with Crippen molar-refractivity contribution in [1.29, 1.82) is 0 Å². The van der Waals surface area contributed by atoms with Crippen LogP contribution in [0.2, 0.25) is 0 Å². The molecule has 1 aliphatic heterocycles. The maximum Gasteiger partial charge on any atom is 0.227 e. The molecular weight excluding hydrogens is 276 g/mol. The van der Waals surface area contributed by atoms with Crippen molar-refractivity contribution in [2.75, 3.05) is 31.1 Å². The largest absolute Gasteiger partial charge is 0.368 e. The van der Waals surface area contributed by atoms with Crippen molar-refractivity contribution in [2.24, 2.45) is 5.92 Å². The van der Waals surface area contributed by atoms with Gasteiger partial charge in [-0.1, -0.05) is 25.1 Å². The van der Waals surface area contributed by atoms with Crippen molar-refractivity contribution >= 4 is 11.6 Å². The number of rotatable bonds is 4. The zero-order valence-electron chi connectivity index (χ0n) is 12.9. The molecule has 1 amide bonds. The van der Waals surface area contributed by atoms with Crippen LogP contribution in [0.15, 0.2) is 49.1 Å². The lowest BCUT2D eigenvalue weighted by molar-refractivity contribution is -0.135. The molecule has 0 unspecified atom stereocenters. The maximum atomic E-state index is 12.5. The predicted molar refractivity (Wildman–Crippen MR) is 86.6 cm³/mol. The predicted octanol–water partition coefficient (Wildman–Crippen LogP) is 1.87. The van der Waals surface area contributed by atoms with Gasteiger partial charge < -0.3 is 14.4 Å². The number of amides is 1. The Labute approximate surface area is 131 Å². The molecule has 1 aromatic carbocycles. The van der Waals surface area contributed by atoms with Gasteiger partial charge >= 0.3 is 0 Å². The van der Waals surface area contributed by atoms with Crippen molar-refractivity contribution in [3.63, 3.8) is 0 Å². The van der Waals surface area contributed by atoms with Crippen molar-refractivity contribution in [3.05, 3.63) is 49.1 Å². The van der Waals surface area contributed by atoms with E-state index in [2.05, 4.69) is 34.1 Å². The summed E-state index contributed by atoms with van der Waals surface area (Å²) in [4.78, 5) is 20.9. The van der Waals surface area contributed by atoms with Gasteiger partial charge in [0.25, 0.3) is 0 Å². The number of hydrogen-bond donors (Lipinski definition) is 0. The Balaban J connectivity index is 1.53. The Hall–Kier alpha value is -2.30. The Morgan fingerprint density at radius 3 is 2.55 bits per heavy atom. The summed E-state index contributed by atoms with van der Waals surface area (Å²) < 4.78 is 1.96. The molecule has 1 fully saturated rings. The average Bonchev–Trinajstić information content (AvgIpc) is 3.08. The Bertz CT molecular complexity index is 588. The molecule has 1 saturated heterocycles. The normalized spacial score (nSPS) is 16.6. The van der Waals surface area contributed by atoms with E-state index in [1.807, 2.05) is 28.7 Å². The van der Waals surface area contributed by atoms with Crippen LogP contribution in [0.25, 0.3) is 0 Å². The third kappa shape index (κ3) is 3.30. The number of aromatic nitrogens is 2. The summed E-state index contributed by atoms with van der Waals surface area (Å²) in [7, 11) is 0. The van der Waals surface area contributed by atoms with Gasteiger partial charge in [0.15, 0.2) is 0 Å². The lowest BCUT2D eigenvalue weighted by atomic mass is 10.1. The highest BCUT2D eigenvalue weighted by Crippen LogP contribution is 2.17. The highest BCUT2D eigenvalue weighted by Gasteiger charge is 2.25. The number of benzene rings is 1. The lowest BCUT2D eigenvalue weighted by Crippen LogP contribution is -2.50. The van der Waals surface area contributed by atoms with Gasteiger partial charge in [0, 0.05) is 50.8 Å². The van der Waals surface area contributed by atoms with E-state index in [0.717, 1.165) is 26.2 Å². The van der Waals surface area contributed by atoms with Crippen LogP contribution in [0.3, 0.4) is 0 Å². The molecule has 1 aliphatic rings. The molecule has 116 valence electrons. The maximum absolute atomic E-state index is 12.5. The Morgan fingerprint density at radius 2 is 1.91 bits per heavy atom. The minimum atomic E-state index is -0.0162. The molecule has 0 bridgehead atoms. The van der Waals surface area contributed by atoms with Crippen LogP contribution in [-0.2, 0) is 11.3 Å². The molecule has 1 atom stereocenters. The number of para-hydroxylation sites is 1. The van der Waals surface area contributed by atoms with Gasteiger partial charge in [-0.2, -0.15) is 0 Å². The SMILES string of the molecule is C[C@@H](Cn1ccnc1)C(=O)N1CCN(c2ccccc2)CC1. The van der Waals surface area contributed by atoms with Crippen LogP contribution in [0, 0.1) is 5.92 Å². The fourth-order valence-corrected chi connectivity index (χ4v) is 2.92. The molecule has 5 nitrogen and oxygen atoms in total. The zero-order chi connectivity index (χ0) is 15.4. The molecule has 22 heavy (non-hydrogen) atoms. The third-order valence-corrected chi connectivity index (χ3v) is 4.18. The van der Waals surface area contributed by atoms with E-state index in [9.17, 15) is 4.79 Å². The number of hydrogen-bond acceptors (Lipinski definition) is 3. The first-order valence-corrected chi connectivity index (χ1v) is 7.78. The minimum absolute atomic E-state index is 0.0162. The van der Waals surface area contributed by atoms with Gasteiger partial charge in [0.05, 0.1) is 12.2 Å². The van der Waals surface area contributed by atoms with Crippen molar-refractivity contribution in [3.8, 4) is 0 Å². The summed E-state index contributed by atoms with van der Waals surface area (Å²) in [5, 5.41) is 0. The number of nitrogens with zero attached hydrogens (tertiary/aromatic N) is 4. The first-order valence-electron chi connectivity index (χ1n) is 7.78. The van der Waals surface area contributed by atoms with Gasteiger partial charge in [-0.25, -0.2) is 4.98 Å². The molecule has 2 aromatic rings. The van der Waals surface area contributed by atoms with Crippen molar-refractivity contribution in [2.45, 2.75) is 13.5 Å². The number of imidazole rings is 1. The summed E-state index contributed by atoms with van der Waals surface area (Å²) in [5.74, 6) is 0.221. The molecule has 0 saturated carbocycles. The first kappa shape index (κ1) is 14.6. The van der Waals surface area contributed by atoms with Crippen molar-refractivity contribution in [1.82, 2.24) is 14.5 Å². The second-order valence-electron chi connectivity index (χ2n) is 5.81. The lowest BCUT2D eigenvalue weighted by Gasteiger charge is -2.37. The molecule has 0 radical (unpaired) electrons. The van der Waals surface area contributed by atoms with Gasteiger partial charge in [-0.15, -0.1) is 0 Å². The molecule has 3 rings (SSSR count). The van der Waals surface area contributed by atoms with Crippen molar-refractivity contribution < 1.29 is 4.79 Å². The molecule has 0 aliphatic carbocycles. The van der Waals surface area contributed by atoms with Crippen LogP contribution >= 0.6 is 0 Å². The molecule has 0 spiro atoms. The highest BCUT2D eigenvalue weighted by atomic mass is 16.2. The van der Waals surface area contributed by atoms with Crippen LogP contribution in [-0.4, -0.2) is 46.5 Å². The third-order valence-electron chi connectivity index (χ3n) is 4.18. The topological polar surface area (TPSA) is 41.4 Å². The van der Waals surface area contributed by atoms with E-state index >= 15 is 0 Å². The monoisotopic (exact) mass is 298 g/mol. The second-order valence-corrected chi connectivity index (χ2v) is 5.81. The molecule has 5 heteroatoms. The summed E-state index contributed by atoms with van der Waals surface area (Å²) in [6.07, 6.45) is 5.41. The van der Waals surface area contributed by atoms with E-state index in [0.29, 0.717) is 6.54 Å². The van der Waals surface area contributed by atoms with Crippen LogP contribution in [0.5, 0.6) is 0 Å². The average molecular weight is 298 g/mol. The number of carbonyl (C=O) groups is 1. The number of piperazine rings is 1. The molecule has 2 heterocycles. The fraction of sp³-hybridized carbons (Fsp3) is 0.412. The summed E-state index contributed by atoms with van der Waals surface area (Å²) in [5.41, 5.74) is 1.24. The number of carbonyl (C=O) groups excluding carboxylic acids is 1. The van der Waals surface area contributed by atoms with Crippen LogP contribution < -0.4 is 4.90 Å². The quantitative estimate of drug-likeness (QED) is 0.865. The summed E-state index contributed by atoms with van der Waals surface area (Å²) in [6.45, 7) is 6.06. The standard InChI is InChI=1S/C17H22N4O/c1-15(13-19-8-7-18-14-19)17(22)21-11-9-20(10-12-21)16-5-3-2-4-6-16/h2-8,14-15H,9-13H2,1H3/t15-/m0/s1. The van der Waals surface area contributed by atoms with Gasteiger partial charge in [-0.3, -0.25) is 4.79 Å². The van der Waals surface area contributed by atoms with E-state index in [-0.39, 0.29) is 11.8 Å². The Kier molecular flexibility index (Phi) is 4.42. The summed E-state index contributed by atoms with van der Waals surface area (Å²) >= 11 is 0. The molecular formula is C17H22N4O. The van der Waals surface area contributed by atoms with E-state index in [1.165, 1.54) is 5.69 Å². The summed E-state index contributed by atoms with van der Waals surface area (Å²) in [6, 6.07) is 10.4. The number of anilines is 1. The molecule has 0 N–H and O–H groups in total. The van der Waals surface area contributed by atoms with Gasteiger partial charge in [0.1, 0.15) is 0 Å². The Morgan fingerprint density at radius 1 is 1.18 bits per heavy atom. The second kappa shape index (κ2) is 6.64. The van der Waals surface area contributed by atoms with E-state index in [4.69, 9.17) is 0 Å². The van der Waals surface area contributed by atoms with Crippen LogP contribution in [0.4, 0.5) is 5.69 Å². The smallest absolute Gasteiger partial charge is 0.227 e. The van der Waals surface area contributed by atoms with Gasteiger partial charge in [0.2, 0.25) is 5.91 Å². The minimum Gasteiger partial charge on any atom is -0.368 e. The first-order chi connectivity index (χ1) is 10.7. The van der Waals surface area contributed by atoms with Gasteiger partial charge in [-0.05, 0) is 12.1 Å². The molecule has 1 aromatic heterocycles. The zero-order valence-corrected chi connectivity index (χ0v) is 12.9. The van der Waals surface area contributed by atoms with E-state index < -0.39 is 0 Å². The fourth-order valence-electron chi connectivity index (χ4n) is 2.92. The highest BCUT2D eigenvalue weighted by molar-refractivity contribution is 5.78. The van der Waals surface area contributed by atoms with Crippen LogP contribution in [0.1, 0.15) is 6.92 Å². The van der Waals surface area contributed by atoms with E-state index in [1.54, 1.807) is 12.5 Å².